The molecule has 3 aliphatic heterocycles. The van der Waals surface area contributed by atoms with Crippen LogP contribution in [-0.4, -0.2) is 30.3 Å². The van der Waals surface area contributed by atoms with E-state index in [1.54, 1.807) is 0 Å². The Balaban J connectivity index is 1.33. The number of Topliss-reactive ketones (excluding diaryl/α,β-unsaturated/α-hetero) is 1. The molecule has 2 unspecified atom stereocenters. The van der Waals surface area contributed by atoms with Gasteiger partial charge in [0, 0.05) is 18.4 Å². The molecule has 0 amide bonds. The first-order chi connectivity index (χ1) is 14.0. The summed E-state index contributed by atoms with van der Waals surface area (Å²) in [5, 5.41) is 0. The van der Waals surface area contributed by atoms with E-state index in [9.17, 15) is 4.79 Å². The molecule has 4 saturated carbocycles. The van der Waals surface area contributed by atoms with Gasteiger partial charge in [-0.25, -0.2) is 0 Å². The van der Waals surface area contributed by atoms with Crippen molar-refractivity contribution in [1.29, 1.82) is 0 Å². The molecule has 4 aliphatic carbocycles. The third-order valence-corrected chi connectivity index (χ3v) is 10.2. The van der Waals surface area contributed by atoms with E-state index in [1.165, 1.54) is 76.6 Å². The number of hydrogen-bond donors (Lipinski definition) is 0. The second-order valence-corrected chi connectivity index (χ2v) is 11.8. The van der Waals surface area contributed by atoms with Crippen molar-refractivity contribution < 1.29 is 4.79 Å². The van der Waals surface area contributed by atoms with E-state index in [0.717, 1.165) is 24.7 Å². The Hall–Kier alpha value is -1.15. The van der Waals surface area contributed by atoms with E-state index in [2.05, 4.69) is 42.2 Å². The maximum atomic E-state index is 14.1. The van der Waals surface area contributed by atoms with Crippen LogP contribution in [0.5, 0.6) is 0 Å². The molecule has 0 radical (unpaired) electrons. The number of nitrogens with zero attached hydrogens (tertiary/aromatic N) is 1. The first kappa shape index (κ1) is 18.6. The van der Waals surface area contributed by atoms with Gasteiger partial charge in [0.15, 0.2) is 0 Å². The van der Waals surface area contributed by atoms with E-state index in [-0.39, 0.29) is 10.8 Å². The monoisotopic (exact) mass is 391 g/mol. The Morgan fingerprint density at radius 3 is 2.52 bits per heavy atom. The zero-order valence-corrected chi connectivity index (χ0v) is 18.2. The molecule has 29 heavy (non-hydrogen) atoms. The van der Waals surface area contributed by atoms with Crippen molar-refractivity contribution in [3.05, 3.63) is 35.9 Å². The average Bonchev–Trinajstić information content (AvgIpc) is 2.74. The van der Waals surface area contributed by atoms with Crippen molar-refractivity contribution in [3.8, 4) is 0 Å². The molecule has 0 spiro atoms. The maximum absolute atomic E-state index is 14.1. The fourth-order valence-corrected chi connectivity index (χ4v) is 9.23. The fourth-order valence-electron chi connectivity index (χ4n) is 9.23. The lowest BCUT2D eigenvalue weighted by Gasteiger charge is -2.66. The quantitative estimate of drug-likeness (QED) is 0.650. The maximum Gasteiger partial charge on any atom is 0.139 e. The zero-order chi connectivity index (χ0) is 19.7. The number of rotatable bonds is 5. The molecule has 8 rings (SSSR count). The molecule has 2 heteroatoms. The molecule has 1 aromatic carbocycles. The highest BCUT2D eigenvalue weighted by Gasteiger charge is 2.65. The lowest BCUT2D eigenvalue weighted by molar-refractivity contribution is -0.163. The molecule has 2 nitrogen and oxygen atoms in total. The second-order valence-electron chi connectivity index (χ2n) is 11.8. The van der Waals surface area contributed by atoms with Crippen molar-refractivity contribution in [1.82, 2.24) is 4.90 Å². The highest BCUT2D eigenvalue weighted by Crippen LogP contribution is 2.71. The van der Waals surface area contributed by atoms with Crippen molar-refractivity contribution in [2.24, 2.45) is 28.6 Å². The summed E-state index contributed by atoms with van der Waals surface area (Å²) in [5.41, 5.74) is 2.19. The minimum Gasteiger partial charge on any atom is -0.303 e. The molecule has 6 bridgehead atoms. The van der Waals surface area contributed by atoms with E-state index >= 15 is 0 Å². The van der Waals surface area contributed by atoms with Crippen molar-refractivity contribution in [2.75, 3.05) is 19.6 Å². The molecule has 0 N–H and O–H groups in total. The Kier molecular flexibility index (Phi) is 4.12. The van der Waals surface area contributed by atoms with Crippen LogP contribution in [0.25, 0.3) is 0 Å². The van der Waals surface area contributed by atoms with Gasteiger partial charge < -0.3 is 4.90 Å². The predicted octanol–water partition coefficient (Wildman–Crippen LogP) is 5.61. The van der Waals surface area contributed by atoms with Crippen LogP contribution in [0.3, 0.4) is 0 Å². The molecule has 0 aromatic heterocycles. The minimum absolute atomic E-state index is 0.0166. The molecular weight excluding hydrogens is 354 g/mol. The average molecular weight is 392 g/mol. The number of carbonyl (C=O) groups is 1. The summed E-state index contributed by atoms with van der Waals surface area (Å²) in [4.78, 5) is 16.7. The van der Waals surface area contributed by atoms with Crippen molar-refractivity contribution in [2.45, 2.75) is 76.5 Å². The zero-order valence-electron chi connectivity index (χ0n) is 18.2. The normalized spacial score (nSPS) is 47.5. The van der Waals surface area contributed by atoms with Gasteiger partial charge in [0.25, 0.3) is 0 Å². The fraction of sp³-hybridized carbons (Fsp3) is 0.741. The summed E-state index contributed by atoms with van der Waals surface area (Å²) in [6.07, 6.45) is 12.4. The van der Waals surface area contributed by atoms with Crippen LogP contribution in [-0.2, 0) is 10.2 Å². The third-order valence-electron chi connectivity index (χ3n) is 10.2. The summed E-state index contributed by atoms with van der Waals surface area (Å²) in [6, 6.07) is 11.3. The SMILES string of the molecule is CC[C@]12CC3CC(C(=O)C[C@@H]4CN5CCC4CC5)(C1)C[C@@](c1ccccc1)(C3)C2. The summed E-state index contributed by atoms with van der Waals surface area (Å²) in [5.74, 6) is 2.89. The number of ketones is 1. The molecule has 1 aromatic rings. The number of carbonyl (C=O) groups excluding carboxylic acids is 1. The molecule has 7 aliphatic rings. The van der Waals surface area contributed by atoms with Crippen LogP contribution in [0.15, 0.2) is 30.3 Å². The van der Waals surface area contributed by atoms with E-state index < -0.39 is 0 Å². The lowest BCUT2D eigenvalue weighted by Crippen LogP contribution is -2.61. The molecule has 3 heterocycles. The van der Waals surface area contributed by atoms with Gasteiger partial charge in [-0.1, -0.05) is 43.7 Å². The Morgan fingerprint density at radius 2 is 1.83 bits per heavy atom. The number of fused-ring (bicyclic) bond motifs is 3. The predicted molar refractivity (Wildman–Crippen MR) is 117 cm³/mol. The Labute approximate surface area is 176 Å². The van der Waals surface area contributed by atoms with E-state index in [4.69, 9.17) is 0 Å². The van der Waals surface area contributed by atoms with Gasteiger partial charge in [0.05, 0.1) is 0 Å². The highest BCUT2D eigenvalue weighted by atomic mass is 16.1. The largest absolute Gasteiger partial charge is 0.303 e. The molecule has 5 atom stereocenters. The second kappa shape index (κ2) is 6.42. The van der Waals surface area contributed by atoms with Gasteiger partial charge in [0.2, 0.25) is 0 Å². The molecule has 3 saturated heterocycles. The van der Waals surface area contributed by atoms with Gasteiger partial charge in [-0.2, -0.15) is 0 Å². The molecule has 7 fully saturated rings. The van der Waals surface area contributed by atoms with Gasteiger partial charge in [-0.15, -0.1) is 0 Å². The topological polar surface area (TPSA) is 20.3 Å². The van der Waals surface area contributed by atoms with Gasteiger partial charge in [-0.05, 0) is 98.6 Å². The van der Waals surface area contributed by atoms with Crippen LogP contribution >= 0.6 is 0 Å². The van der Waals surface area contributed by atoms with Gasteiger partial charge in [-0.3, -0.25) is 4.79 Å². The standard InChI is InChI=1S/C27H37NO/c1-2-25-13-20-14-26(17-25,23-6-4-3-5-7-23)19-27(15-20,18-25)24(29)12-22-16-28-10-8-21(22)9-11-28/h3-7,20-22H,2,8-19H2,1H3/t20?,22-,25-,26-,27?/m1/s1. The summed E-state index contributed by atoms with van der Waals surface area (Å²) < 4.78 is 0. The van der Waals surface area contributed by atoms with Crippen LogP contribution in [0.2, 0.25) is 0 Å². The van der Waals surface area contributed by atoms with Crippen LogP contribution in [0.4, 0.5) is 0 Å². The highest BCUT2D eigenvalue weighted by molar-refractivity contribution is 5.86. The van der Waals surface area contributed by atoms with Crippen LogP contribution in [0.1, 0.15) is 76.7 Å². The first-order valence-electron chi connectivity index (χ1n) is 12.4. The Morgan fingerprint density at radius 1 is 1.03 bits per heavy atom. The lowest BCUT2D eigenvalue weighted by atomic mass is 9.37. The van der Waals surface area contributed by atoms with Gasteiger partial charge in [0.1, 0.15) is 5.78 Å². The first-order valence-corrected chi connectivity index (χ1v) is 12.4. The summed E-state index contributed by atoms with van der Waals surface area (Å²) >= 11 is 0. The Bertz CT molecular complexity index is 796. The van der Waals surface area contributed by atoms with Crippen molar-refractivity contribution in [3.63, 3.8) is 0 Å². The number of piperidine rings is 3. The van der Waals surface area contributed by atoms with Crippen LogP contribution in [0, 0.1) is 28.6 Å². The van der Waals surface area contributed by atoms with Crippen LogP contribution < -0.4 is 0 Å². The van der Waals surface area contributed by atoms with E-state index in [0.29, 0.717) is 17.1 Å². The van der Waals surface area contributed by atoms with E-state index in [1.807, 2.05) is 0 Å². The molecular formula is C27H37NO. The third kappa shape index (κ3) is 2.81. The number of hydrogen-bond acceptors (Lipinski definition) is 2. The number of benzene rings is 1. The summed E-state index contributed by atoms with van der Waals surface area (Å²) in [7, 11) is 0. The summed E-state index contributed by atoms with van der Waals surface area (Å²) in [6.45, 7) is 6.15. The van der Waals surface area contributed by atoms with Gasteiger partial charge >= 0.3 is 0 Å². The van der Waals surface area contributed by atoms with Crippen molar-refractivity contribution >= 4 is 5.78 Å². The molecule has 156 valence electrons. The smallest absolute Gasteiger partial charge is 0.139 e. The minimum atomic E-state index is -0.0166.